The normalized spacial score (nSPS) is 13.6. The predicted molar refractivity (Wildman–Crippen MR) is 64.5 cm³/mol. The number of nitrogens with zero attached hydrogens (tertiary/aromatic N) is 1. The van der Waals surface area contributed by atoms with Gasteiger partial charge in [0, 0.05) is 19.0 Å². The van der Waals surface area contributed by atoms with Crippen LogP contribution in [-0.4, -0.2) is 42.7 Å². The highest BCUT2D eigenvalue weighted by Crippen LogP contribution is 1.98. The molecule has 84 valence electrons. The van der Waals surface area contributed by atoms with Crippen LogP contribution in [0.2, 0.25) is 0 Å². The zero-order valence-electron chi connectivity index (χ0n) is 9.62. The number of thiocarbonyl (C=S) groups is 1. The van der Waals surface area contributed by atoms with Crippen LogP contribution in [0.15, 0.2) is 0 Å². The molecule has 0 heterocycles. The predicted octanol–water partition coefficient (Wildman–Crippen LogP) is 1.27. The second kappa shape index (κ2) is 7.15. The summed E-state index contributed by atoms with van der Waals surface area (Å²) in [6, 6.07) is 0. The van der Waals surface area contributed by atoms with Gasteiger partial charge in [-0.15, -0.1) is 0 Å². The molecule has 0 aliphatic heterocycles. The number of hydrogen-bond acceptors (Lipinski definition) is 3. The molecule has 0 spiro atoms. The van der Waals surface area contributed by atoms with Gasteiger partial charge < -0.3 is 15.4 Å². The van der Waals surface area contributed by atoms with E-state index in [0.29, 0.717) is 11.1 Å². The van der Waals surface area contributed by atoms with Crippen molar-refractivity contribution in [1.82, 2.24) is 4.90 Å². The number of nitrogens with two attached hydrogens (primary N) is 1. The molecule has 3 nitrogen and oxygen atoms in total. The molecule has 0 fully saturated rings. The largest absolute Gasteiger partial charge is 0.393 e. The molecule has 0 aliphatic carbocycles. The van der Waals surface area contributed by atoms with E-state index >= 15 is 0 Å². The number of rotatable bonds is 7. The first-order chi connectivity index (χ1) is 6.43. The Morgan fingerprint density at radius 3 is 2.43 bits per heavy atom. The molecule has 14 heavy (non-hydrogen) atoms. The van der Waals surface area contributed by atoms with Crippen LogP contribution in [0.3, 0.4) is 0 Å². The van der Waals surface area contributed by atoms with E-state index in [1.54, 1.807) is 0 Å². The molecule has 0 aromatic heterocycles. The maximum atomic E-state index is 5.53. The fraction of sp³-hybridized carbons (Fsp3) is 0.900. The van der Waals surface area contributed by atoms with Crippen molar-refractivity contribution in [3.63, 3.8) is 0 Å². The van der Waals surface area contributed by atoms with E-state index in [1.807, 2.05) is 20.8 Å². The van der Waals surface area contributed by atoms with Crippen molar-refractivity contribution in [3.05, 3.63) is 0 Å². The monoisotopic (exact) mass is 218 g/mol. The molecule has 0 saturated heterocycles. The highest BCUT2D eigenvalue weighted by Gasteiger charge is 2.08. The van der Waals surface area contributed by atoms with Gasteiger partial charge in [0.2, 0.25) is 0 Å². The van der Waals surface area contributed by atoms with E-state index in [-0.39, 0.29) is 5.92 Å². The van der Waals surface area contributed by atoms with Crippen molar-refractivity contribution >= 4 is 17.2 Å². The summed E-state index contributed by atoms with van der Waals surface area (Å²) in [4.78, 5) is 2.77. The Balaban J connectivity index is 3.55. The van der Waals surface area contributed by atoms with Crippen molar-refractivity contribution in [1.29, 1.82) is 0 Å². The minimum atomic E-state index is 0.272. The van der Waals surface area contributed by atoms with Crippen molar-refractivity contribution in [3.8, 4) is 0 Å². The minimum Gasteiger partial charge on any atom is -0.393 e. The van der Waals surface area contributed by atoms with Gasteiger partial charge in [-0.3, -0.25) is 0 Å². The first-order valence-electron chi connectivity index (χ1n) is 5.03. The van der Waals surface area contributed by atoms with Crippen LogP contribution >= 0.6 is 12.2 Å². The lowest BCUT2D eigenvalue weighted by atomic mass is 10.2. The first-order valence-corrected chi connectivity index (χ1v) is 5.43. The Hall–Kier alpha value is -0.190. The summed E-state index contributed by atoms with van der Waals surface area (Å²) in [5, 5.41) is 0. The number of ether oxygens (including phenoxy) is 1. The molecule has 2 N–H and O–H groups in total. The van der Waals surface area contributed by atoms with Crippen LogP contribution in [-0.2, 0) is 4.74 Å². The molecule has 0 aliphatic rings. The highest BCUT2D eigenvalue weighted by atomic mass is 32.1. The van der Waals surface area contributed by atoms with Gasteiger partial charge >= 0.3 is 0 Å². The fourth-order valence-corrected chi connectivity index (χ4v) is 1.17. The van der Waals surface area contributed by atoms with Crippen molar-refractivity contribution in [2.24, 2.45) is 11.7 Å². The van der Waals surface area contributed by atoms with E-state index in [2.05, 4.69) is 11.9 Å². The second-order valence-corrected chi connectivity index (χ2v) is 4.46. The Morgan fingerprint density at radius 1 is 1.43 bits per heavy atom. The second-order valence-electron chi connectivity index (χ2n) is 3.99. The molecule has 0 amide bonds. The van der Waals surface area contributed by atoms with E-state index < -0.39 is 0 Å². The third kappa shape index (κ3) is 7.24. The van der Waals surface area contributed by atoms with Crippen LogP contribution < -0.4 is 5.73 Å². The van der Waals surface area contributed by atoms with Gasteiger partial charge in [0.15, 0.2) is 0 Å². The van der Waals surface area contributed by atoms with Gasteiger partial charge in [-0.1, -0.05) is 19.1 Å². The quantitative estimate of drug-likeness (QED) is 0.653. The van der Waals surface area contributed by atoms with Crippen LogP contribution in [0.4, 0.5) is 0 Å². The van der Waals surface area contributed by atoms with E-state index in [4.69, 9.17) is 22.7 Å². The first kappa shape index (κ1) is 13.8. The Kier molecular flexibility index (Phi) is 7.05. The average molecular weight is 218 g/mol. The molecule has 1 unspecified atom stereocenters. The van der Waals surface area contributed by atoms with E-state index in [9.17, 15) is 0 Å². The zero-order chi connectivity index (χ0) is 11.1. The summed E-state index contributed by atoms with van der Waals surface area (Å²) >= 11 is 4.91. The molecule has 0 bridgehead atoms. The number of hydrogen-bond donors (Lipinski definition) is 1. The van der Waals surface area contributed by atoms with Crippen molar-refractivity contribution in [2.45, 2.75) is 26.9 Å². The molecular weight excluding hydrogens is 196 g/mol. The SMILES string of the molecule is CC(C)OCCN(C)CC(C)C(N)=S. The van der Waals surface area contributed by atoms with Crippen molar-refractivity contribution in [2.75, 3.05) is 26.7 Å². The van der Waals surface area contributed by atoms with Gasteiger partial charge in [0.25, 0.3) is 0 Å². The highest BCUT2D eigenvalue weighted by molar-refractivity contribution is 7.80. The van der Waals surface area contributed by atoms with Gasteiger partial charge in [0.1, 0.15) is 0 Å². The smallest absolute Gasteiger partial charge is 0.0768 e. The molecule has 1 atom stereocenters. The summed E-state index contributed by atoms with van der Waals surface area (Å²) in [7, 11) is 2.05. The molecular formula is C10H22N2OS. The summed E-state index contributed by atoms with van der Waals surface area (Å²) in [5.74, 6) is 0.272. The van der Waals surface area contributed by atoms with Gasteiger partial charge in [0.05, 0.1) is 17.7 Å². The molecule has 0 aromatic carbocycles. The van der Waals surface area contributed by atoms with Crippen molar-refractivity contribution < 1.29 is 4.74 Å². The number of likely N-dealkylation sites (N-methyl/N-ethyl adjacent to an activating group) is 1. The molecule has 0 aromatic rings. The maximum absolute atomic E-state index is 5.53. The lowest BCUT2D eigenvalue weighted by molar-refractivity contribution is 0.0629. The van der Waals surface area contributed by atoms with Gasteiger partial charge in [-0.05, 0) is 20.9 Å². The fourth-order valence-electron chi connectivity index (χ4n) is 1.09. The zero-order valence-corrected chi connectivity index (χ0v) is 10.4. The average Bonchev–Trinajstić information content (AvgIpc) is 2.02. The Morgan fingerprint density at radius 2 is 2.00 bits per heavy atom. The van der Waals surface area contributed by atoms with Crippen LogP contribution in [0.1, 0.15) is 20.8 Å². The molecule has 0 rings (SSSR count). The molecule has 4 heteroatoms. The lowest BCUT2D eigenvalue weighted by Crippen LogP contribution is -2.33. The van der Waals surface area contributed by atoms with E-state index in [0.717, 1.165) is 19.7 Å². The maximum Gasteiger partial charge on any atom is 0.0768 e. The standard InChI is InChI=1S/C10H22N2OS/c1-8(2)13-6-5-12(4)7-9(3)10(11)14/h8-9H,5-7H2,1-4H3,(H2,11,14). The van der Waals surface area contributed by atoms with Gasteiger partial charge in [-0.25, -0.2) is 0 Å². The van der Waals surface area contributed by atoms with Gasteiger partial charge in [-0.2, -0.15) is 0 Å². The molecule has 0 radical (unpaired) electrons. The summed E-state index contributed by atoms with van der Waals surface area (Å²) in [6.07, 6.45) is 0.302. The Bertz CT molecular complexity index is 174. The third-order valence-electron chi connectivity index (χ3n) is 2.00. The van der Waals surface area contributed by atoms with Crippen LogP contribution in [0, 0.1) is 5.92 Å². The topological polar surface area (TPSA) is 38.5 Å². The Labute approximate surface area is 92.6 Å². The summed E-state index contributed by atoms with van der Waals surface area (Å²) in [5.41, 5.74) is 5.53. The third-order valence-corrected chi connectivity index (χ3v) is 2.40. The minimum absolute atomic E-state index is 0.272. The van der Waals surface area contributed by atoms with Crippen LogP contribution in [0.5, 0.6) is 0 Å². The molecule has 0 saturated carbocycles. The van der Waals surface area contributed by atoms with Crippen LogP contribution in [0.25, 0.3) is 0 Å². The summed E-state index contributed by atoms with van der Waals surface area (Å²) < 4.78 is 5.45. The summed E-state index contributed by atoms with van der Waals surface area (Å²) in [6.45, 7) is 8.71. The van der Waals surface area contributed by atoms with E-state index in [1.165, 1.54) is 0 Å². The lowest BCUT2D eigenvalue weighted by Gasteiger charge is -2.20.